The first kappa shape index (κ1) is 21.5. The molecular weight excluding hydrogens is 272 g/mol. The molecule has 0 heterocycles. The van der Waals surface area contributed by atoms with E-state index < -0.39 is 0 Å². The van der Waals surface area contributed by atoms with Gasteiger partial charge in [0.05, 0.1) is 6.61 Å². The van der Waals surface area contributed by atoms with Gasteiger partial charge in [-0.05, 0) is 49.4 Å². The molecule has 0 aliphatic heterocycles. The van der Waals surface area contributed by atoms with Crippen LogP contribution in [0.15, 0.2) is 12.3 Å². The molecule has 22 heavy (non-hydrogen) atoms. The summed E-state index contributed by atoms with van der Waals surface area (Å²) in [5.74, 6) is 2.53. The molecule has 0 spiro atoms. The van der Waals surface area contributed by atoms with Crippen molar-refractivity contribution < 1.29 is 9.47 Å². The van der Waals surface area contributed by atoms with Gasteiger partial charge >= 0.3 is 0 Å². The molecule has 132 valence electrons. The van der Waals surface area contributed by atoms with E-state index in [1.165, 1.54) is 32.1 Å². The Kier molecular flexibility index (Phi) is 11.7. The lowest BCUT2D eigenvalue weighted by Crippen LogP contribution is -2.19. The predicted molar refractivity (Wildman–Crippen MR) is 97.1 cm³/mol. The quantitative estimate of drug-likeness (QED) is 0.392. The average molecular weight is 313 g/mol. The van der Waals surface area contributed by atoms with Gasteiger partial charge in [-0.15, -0.1) is 0 Å². The van der Waals surface area contributed by atoms with Gasteiger partial charge in [-0.1, -0.05) is 54.5 Å². The summed E-state index contributed by atoms with van der Waals surface area (Å²) in [6.45, 7) is 18.8. The van der Waals surface area contributed by atoms with Crippen molar-refractivity contribution in [3.05, 3.63) is 12.3 Å². The molecule has 2 aliphatic carbocycles. The number of rotatable bonds is 8. The van der Waals surface area contributed by atoms with Crippen LogP contribution in [0.4, 0.5) is 0 Å². The minimum atomic E-state index is 0.563. The van der Waals surface area contributed by atoms with E-state index >= 15 is 0 Å². The molecule has 3 atom stereocenters. The maximum atomic E-state index is 5.74. The summed E-state index contributed by atoms with van der Waals surface area (Å²) in [4.78, 5) is 0. The SMILES string of the molecule is C=C(COCCCC)OCC1CCC2(C)CC2C1.CC.CC. The number of hydrogen-bond donors (Lipinski definition) is 0. The third kappa shape index (κ3) is 7.67. The molecule has 2 aliphatic rings. The van der Waals surface area contributed by atoms with E-state index in [9.17, 15) is 0 Å². The van der Waals surface area contributed by atoms with Gasteiger partial charge in [-0.2, -0.15) is 0 Å². The van der Waals surface area contributed by atoms with Crippen molar-refractivity contribution in [2.75, 3.05) is 19.8 Å². The second kappa shape index (κ2) is 12.0. The molecule has 2 nitrogen and oxygen atoms in total. The molecule has 2 rings (SSSR count). The molecule has 0 amide bonds. The molecule has 0 aromatic rings. The molecular formula is C20H40O2. The van der Waals surface area contributed by atoms with Crippen LogP contribution in [0.1, 0.15) is 80.1 Å². The summed E-state index contributed by atoms with van der Waals surface area (Å²) in [7, 11) is 0. The summed E-state index contributed by atoms with van der Waals surface area (Å²) >= 11 is 0. The van der Waals surface area contributed by atoms with Crippen molar-refractivity contribution in [3.8, 4) is 0 Å². The maximum absolute atomic E-state index is 5.74. The van der Waals surface area contributed by atoms with Gasteiger partial charge in [0.15, 0.2) is 0 Å². The molecule has 0 aromatic carbocycles. The summed E-state index contributed by atoms with van der Waals surface area (Å²) in [5.41, 5.74) is 0.705. The van der Waals surface area contributed by atoms with E-state index in [4.69, 9.17) is 9.47 Å². The lowest BCUT2D eigenvalue weighted by Gasteiger charge is -2.26. The highest BCUT2D eigenvalue weighted by molar-refractivity contribution is 5.02. The van der Waals surface area contributed by atoms with Crippen LogP contribution in [0, 0.1) is 17.3 Å². The largest absolute Gasteiger partial charge is 0.496 e. The zero-order valence-corrected chi connectivity index (χ0v) is 16.0. The number of fused-ring (bicyclic) bond motifs is 1. The molecule has 2 heteroatoms. The molecule has 0 bridgehead atoms. The molecule has 3 unspecified atom stereocenters. The Morgan fingerprint density at radius 3 is 2.50 bits per heavy atom. The fraction of sp³-hybridized carbons (Fsp3) is 0.900. The lowest BCUT2D eigenvalue weighted by molar-refractivity contribution is 0.0732. The van der Waals surface area contributed by atoms with Gasteiger partial charge in [0.1, 0.15) is 12.4 Å². The van der Waals surface area contributed by atoms with Gasteiger partial charge < -0.3 is 9.47 Å². The van der Waals surface area contributed by atoms with E-state index in [1.54, 1.807) is 0 Å². The predicted octanol–water partition coefficient (Wildman–Crippen LogP) is 6.21. The fourth-order valence-electron chi connectivity index (χ4n) is 3.09. The third-order valence-electron chi connectivity index (χ3n) is 4.71. The number of ether oxygens (including phenoxy) is 2. The van der Waals surface area contributed by atoms with Crippen molar-refractivity contribution >= 4 is 0 Å². The van der Waals surface area contributed by atoms with E-state index in [0.29, 0.717) is 12.0 Å². The summed E-state index contributed by atoms with van der Waals surface area (Å²) < 4.78 is 11.2. The first-order chi connectivity index (χ1) is 10.6. The Hall–Kier alpha value is -0.500. The van der Waals surface area contributed by atoms with Gasteiger partial charge in [-0.3, -0.25) is 0 Å². The fourth-order valence-corrected chi connectivity index (χ4v) is 3.09. The number of hydrogen-bond acceptors (Lipinski definition) is 2. The van der Waals surface area contributed by atoms with Crippen LogP contribution in [0.2, 0.25) is 0 Å². The second-order valence-corrected chi connectivity index (χ2v) is 6.45. The second-order valence-electron chi connectivity index (χ2n) is 6.45. The van der Waals surface area contributed by atoms with Gasteiger partial charge in [-0.25, -0.2) is 0 Å². The van der Waals surface area contributed by atoms with Crippen molar-refractivity contribution in [1.82, 2.24) is 0 Å². The number of unbranched alkanes of at least 4 members (excludes halogenated alkanes) is 1. The Balaban J connectivity index is 0.00000102. The lowest BCUT2D eigenvalue weighted by atomic mass is 9.83. The van der Waals surface area contributed by atoms with Crippen LogP contribution in [0.25, 0.3) is 0 Å². The molecule has 0 radical (unpaired) electrons. The Labute approximate surface area is 139 Å². The van der Waals surface area contributed by atoms with Crippen molar-refractivity contribution in [1.29, 1.82) is 0 Å². The van der Waals surface area contributed by atoms with Gasteiger partial charge in [0.2, 0.25) is 0 Å². The Morgan fingerprint density at radius 1 is 1.23 bits per heavy atom. The standard InChI is InChI=1S/C16H28O2.2C2H6/c1-4-5-8-17-11-13(2)18-12-14-6-7-16(3)10-15(16)9-14;2*1-2/h14-15H,2,4-12H2,1,3H3;2*1-2H3. The minimum Gasteiger partial charge on any atom is -0.496 e. The molecule has 0 N–H and O–H groups in total. The zero-order valence-electron chi connectivity index (χ0n) is 16.0. The van der Waals surface area contributed by atoms with Crippen LogP contribution < -0.4 is 0 Å². The first-order valence-corrected chi connectivity index (χ1v) is 9.52. The van der Waals surface area contributed by atoms with Crippen LogP contribution in [-0.4, -0.2) is 19.8 Å². The van der Waals surface area contributed by atoms with E-state index in [2.05, 4.69) is 20.4 Å². The Bertz CT molecular complexity index is 287. The monoisotopic (exact) mass is 312 g/mol. The summed E-state index contributed by atoms with van der Waals surface area (Å²) in [5, 5.41) is 0. The minimum absolute atomic E-state index is 0.563. The van der Waals surface area contributed by atoms with Crippen LogP contribution in [-0.2, 0) is 9.47 Å². The van der Waals surface area contributed by atoms with Gasteiger partial charge in [0, 0.05) is 6.61 Å². The summed E-state index contributed by atoms with van der Waals surface area (Å²) in [6, 6.07) is 0. The highest BCUT2D eigenvalue weighted by Gasteiger charge is 2.52. The smallest absolute Gasteiger partial charge is 0.114 e. The highest BCUT2D eigenvalue weighted by atomic mass is 16.5. The van der Waals surface area contributed by atoms with E-state index in [-0.39, 0.29) is 0 Å². The van der Waals surface area contributed by atoms with E-state index in [1.807, 2.05) is 27.7 Å². The van der Waals surface area contributed by atoms with Crippen molar-refractivity contribution in [2.45, 2.75) is 80.1 Å². The normalized spacial score (nSPS) is 28.3. The van der Waals surface area contributed by atoms with E-state index in [0.717, 1.165) is 37.2 Å². The third-order valence-corrected chi connectivity index (χ3v) is 4.71. The summed E-state index contributed by atoms with van der Waals surface area (Å²) in [6.07, 6.45) is 7.83. The topological polar surface area (TPSA) is 18.5 Å². The molecule has 0 saturated heterocycles. The Morgan fingerprint density at radius 2 is 1.91 bits per heavy atom. The van der Waals surface area contributed by atoms with Crippen molar-refractivity contribution in [2.24, 2.45) is 17.3 Å². The van der Waals surface area contributed by atoms with Crippen LogP contribution in [0.5, 0.6) is 0 Å². The first-order valence-electron chi connectivity index (χ1n) is 9.52. The van der Waals surface area contributed by atoms with Gasteiger partial charge in [0.25, 0.3) is 0 Å². The maximum Gasteiger partial charge on any atom is 0.114 e. The highest BCUT2D eigenvalue weighted by Crippen LogP contribution is 2.62. The molecule has 2 saturated carbocycles. The van der Waals surface area contributed by atoms with Crippen LogP contribution >= 0.6 is 0 Å². The zero-order chi connectivity index (χ0) is 17.0. The molecule has 2 fully saturated rings. The molecule has 0 aromatic heterocycles. The van der Waals surface area contributed by atoms with Crippen LogP contribution in [0.3, 0.4) is 0 Å². The average Bonchev–Trinajstić information content (AvgIpc) is 3.24. The van der Waals surface area contributed by atoms with Crippen molar-refractivity contribution in [3.63, 3.8) is 0 Å².